The monoisotopic (exact) mass is 544 g/mol. The minimum atomic E-state index is -0.497. The number of nitrogens with one attached hydrogen (secondary N) is 1. The number of nitrogens with zero attached hydrogens (tertiary/aromatic N) is 1. The van der Waals surface area contributed by atoms with Gasteiger partial charge >= 0.3 is 0 Å². The van der Waals surface area contributed by atoms with E-state index in [1.165, 1.54) is 5.39 Å². The van der Waals surface area contributed by atoms with Crippen molar-refractivity contribution in [3.05, 3.63) is 143 Å². The van der Waals surface area contributed by atoms with Crippen molar-refractivity contribution >= 4 is 40.0 Å². The third-order valence-electron chi connectivity index (χ3n) is 6.29. The summed E-state index contributed by atoms with van der Waals surface area (Å²) in [5, 5.41) is 15.3. The van der Waals surface area contributed by atoms with Gasteiger partial charge in [0.25, 0.3) is 5.91 Å². The molecule has 0 spiro atoms. The van der Waals surface area contributed by atoms with E-state index in [4.69, 9.17) is 21.1 Å². The summed E-state index contributed by atoms with van der Waals surface area (Å²) in [5.74, 6) is 0.838. The van der Waals surface area contributed by atoms with Gasteiger partial charge in [-0.05, 0) is 70.4 Å². The van der Waals surface area contributed by atoms with Crippen LogP contribution in [0.2, 0.25) is 5.02 Å². The summed E-state index contributed by atoms with van der Waals surface area (Å²) in [6.45, 7) is 0.770. The minimum absolute atomic E-state index is 0.0107. The lowest BCUT2D eigenvalue weighted by Crippen LogP contribution is -2.13. The number of carbonyl (C=O) groups excluding carboxylic acids is 1. The quantitative estimate of drug-likeness (QED) is 0.150. The van der Waals surface area contributed by atoms with Crippen molar-refractivity contribution < 1.29 is 14.3 Å². The van der Waals surface area contributed by atoms with Gasteiger partial charge in [0.1, 0.15) is 36.4 Å². The number of amides is 1. The molecule has 5 nitrogen and oxygen atoms in total. The van der Waals surface area contributed by atoms with Crippen LogP contribution in [0.5, 0.6) is 11.5 Å². The summed E-state index contributed by atoms with van der Waals surface area (Å²) >= 11 is 6.17. The zero-order valence-corrected chi connectivity index (χ0v) is 22.3. The van der Waals surface area contributed by atoms with Gasteiger partial charge in [-0.25, -0.2) is 0 Å². The van der Waals surface area contributed by atoms with Crippen LogP contribution in [0.15, 0.2) is 121 Å². The SMILES string of the molecule is N#C/C(=C\c1ccc(OCc2cccc3ccccc23)cc1)C(=O)Nc1ccc(OCc2ccccc2Cl)cc1. The molecule has 0 heterocycles. The maximum atomic E-state index is 12.7. The van der Waals surface area contributed by atoms with Gasteiger partial charge in [0.2, 0.25) is 0 Å². The second kappa shape index (κ2) is 12.7. The van der Waals surface area contributed by atoms with Crippen LogP contribution in [0.1, 0.15) is 16.7 Å². The summed E-state index contributed by atoms with van der Waals surface area (Å²) in [6, 6.07) is 38.0. The zero-order chi connectivity index (χ0) is 27.7. The first-order valence-corrected chi connectivity index (χ1v) is 13.1. The Labute approximate surface area is 237 Å². The molecule has 1 amide bonds. The van der Waals surface area contributed by atoms with Crippen molar-refractivity contribution in [2.24, 2.45) is 0 Å². The number of fused-ring (bicyclic) bond motifs is 1. The average Bonchev–Trinajstić information content (AvgIpc) is 2.99. The summed E-state index contributed by atoms with van der Waals surface area (Å²) in [4.78, 5) is 12.7. The van der Waals surface area contributed by atoms with Crippen molar-refractivity contribution in [3.63, 3.8) is 0 Å². The molecule has 0 aromatic heterocycles. The highest BCUT2D eigenvalue weighted by Gasteiger charge is 2.10. The molecule has 0 aliphatic heterocycles. The van der Waals surface area contributed by atoms with Gasteiger partial charge in [-0.1, -0.05) is 84.4 Å². The molecule has 0 fully saturated rings. The molecule has 0 radical (unpaired) electrons. The molecule has 0 bridgehead atoms. The first kappa shape index (κ1) is 26.6. The molecule has 0 aliphatic rings. The molecule has 40 heavy (non-hydrogen) atoms. The van der Waals surface area contributed by atoms with Crippen LogP contribution in [0, 0.1) is 11.3 Å². The van der Waals surface area contributed by atoms with Gasteiger partial charge in [0.15, 0.2) is 0 Å². The Balaban J connectivity index is 1.17. The fraction of sp³-hybridized carbons (Fsp3) is 0.0588. The van der Waals surface area contributed by atoms with Crippen LogP contribution in [0.4, 0.5) is 5.69 Å². The normalized spacial score (nSPS) is 11.1. The lowest BCUT2D eigenvalue weighted by Gasteiger charge is -2.10. The van der Waals surface area contributed by atoms with E-state index in [-0.39, 0.29) is 5.57 Å². The van der Waals surface area contributed by atoms with Gasteiger partial charge in [0, 0.05) is 16.3 Å². The molecule has 0 saturated carbocycles. The molecule has 5 aromatic carbocycles. The first-order chi connectivity index (χ1) is 19.6. The fourth-order valence-corrected chi connectivity index (χ4v) is 4.35. The number of rotatable bonds is 9. The smallest absolute Gasteiger partial charge is 0.266 e. The van der Waals surface area contributed by atoms with Crippen LogP contribution >= 0.6 is 11.6 Å². The number of hydrogen-bond donors (Lipinski definition) is 1. The Hall–Kier alpha value is -5.05. The lowest BCUT2D eigenvalue weighted by atomic mass is 10.1. The van der Waals surface area contributed by atoms with Crippen molar-refractivity contribution in [3.8, 4) is 17.6 Å². The fourth-order valence-electron chi connectivity index (χ4n) is 4.16. The maximum absolute atomic E-state index is 12.7. The number of halogens is 1. The Morgan fingerprint density at radius 3 is 2.08 bits per heavy atom. The molecular formula is C34H25ClN2O3. The van der Waals surface area contributed by atoms with E-state index in [1.54, 1.807) is 30.3 Å². The number of carbonyl (C=O) groups is 1. The molecule has 196 valence electrons. The van der Waals surface area contributed by atoms with Crippen molar-refractivity contribution in [2.75, 3.05) is 5.32 Å². The highest BCUT2D eigenvalue weighted by Crippen LogP contribution is 2.23. The highest BCUT2D eigenvalue weighted by atomic mass is 35.5. The van der Waals surface area contributed by atoms with Crippen LogP contribution in [0.3, 0.4) is 0 Å². The summed E-state index contributed by atoms with van der Waals surface area (Å²) in [6.07, 6.45) is 1.55. The predicted molar refractivity (Wildman–Crippen MR) is 159 cm³/mol. The molecule has 5 aromatic rings. The molecule has 0 aliphatic carbocycles. The lowest BCUT2D eigenvalue weighted by molar-refractivity contribution is -0.112. The zero-order valence-electron chi connectivity index (χ0n) is 21.5. The van der Waals surface area contributed by atoms with Gasteiger partial charge < -0.3 is 14.8 Å². The van der Waals surface area contributed by atoms with Crippen LogP contribution in [0.25, 0.3) is 16.8 Å². The Morgan fingerprint density at radius 1 is 0.750 bits per heavy atom. The molecule has 0 saturated heterocycles. The van der Waals surface area contributed by atoms with Crippen molar-refractivity contribution in [1.82, 2.24) is 0 Å². The topological polar surface area (TPSA) is 71.3 Å². The van der Waals surface area contributed by atoms with Crippen molar-refractivity contribution in [1.29, 1.82) is 5.26 Å². The number of benzene rings is 5. The standard InChI is InChI=1S/C34H25ClN2O3/c35-33-11-4-2-7-27(33)23-40-31-18-14-29(15-19-31)37-34(38)28(21-36)20-24-12-16-30(17-13-24)39-22-26-9-5-8-25-6-1-3-10-32(25)26/h1-20H,22-23H2,(H,37,38)/b28-20+. The number of ether oxygens (including phenoxy) is 2. The molecule has 0 unspecified atom stereocenters. The number of anilines is 1. The van der Waals surface area contributed by atoms with E-state index in [1.807, 2.05) is 72.8 Å². The van der Waals surface area contributed by atoms with Gasteiger partial charge in [0.05, 0.1) is 0 Å². The molecular weight excluding hydrogens is 520 g/mol. The maximum Gasteiger partial charge on any atom is 0.266 e. The van der Waals surface area contributed by atoms with E-state index in [9.17, 15) is 10.1 Å². The van der Waals surface area contributed by atoms with E-state index < -0.39 is 5.91 Å². The second-order valence-corrected chi connectivity index (χ2v) is 9.43. The van der Waals surface area contributed by atoms with Crippen LogP contribution < -0.4 is 14.8 Å². The summed E-state index contributed by atoms with van der Waals surface area (Å²) < 4.78 is 11.8. The minimum Gasteiger partial charge on any atom is -0.489 e. The average molecular weight is 545 g/mol. The van der Waals surface area contributed by atoms with Gasteiger partial charge in [-0.15, -0.1) is 0 Å². The van der Waals surface area contributed by atoms with Gasteiger partial charge in [-0.2, -0.15) is 5.26 Å². The highest BCUT2D eigenvalue weighted by molar-refractivity contribution is 6.31. The third-order valence-corrected chi connectivity index (χ3v) is 6.66. The van der Waals surface area contributed by atoms with Crippen LogP contribution in [-0.4, -0.2) is 5.91 Å². The van der Waals surface area contributed by atoms with E-state index in [0.717, 1.165) is 16.5 Å². The van der Waals surface area contributed by atoms with Crippen LogP contribution in [-0.2, 0) is 18.0 Å². The molecule has 6 heteroatoms. The number of hydrogen-bond acceptors (Lipinski definition) is 4. The van der Waals surface area contributed by atoms with Crippen molar-refractivity contribution in [2.45, 2.75) is 13.2 Å². The first-order valence-electron chi connectivity index (χ1n) is 12.7. The second-order valence-electron chi connectivity index (χ2n) is 9.02. The Morgan fingerprint density at radius 2 is 1.35 bits per heavy atom. The molecule has 0 atom stereocenters. The van der Waals surface area contributed by atoms with E-state index in [0.29, 0.717) is 41.0 Å². The van der Waals surface area contributed by atoms with Gasteiger partial charge in [-0.3, -0.25) is 4.79 Å². The number of nitriles is 1. The van der Waals surface area contributed by atoms with E-state index >= 15 is 0 Å². The predicted octanol–water partition coefficient (Wildman–Crippen LogP) is 8.20. The van der Waals surface area contributed by atoms with E-state index in [2.05, 4.69) is 29.6 Å². The molecule has 1 N–H and O–H groups in total. The Bertz CT molecular complexity index is 1700. The Kier molecular flexibility index (Phi) is 8.41. The largest absolute Gasteiger partial charge is 0.489 e. The summed E-state index contributed by atoms with van der Waals surface area (Å²) in [5.41, 5.74) is 3.24. The third kappa shape index (κ3) is 6.68. The summed E-state index contributed by atoms with van der Waals surface area (Å²) in [7, 11) is 0. The molecule has 5 rings (SSSR count).